The molecular weight excluding hydrogens is 428 g/mol. The number of amides is 1. The maximum atomic E-state index is 12.6. The lowest BCUT2D eigenvalue weighted by atomic mass is 9.91. The largest absolute Gasteiger partial charge is 0.480 e. The van der Waals surface area contributed by atoms with Gasteiger partial charge in [0.2, 0.25) is 0 Å². The summed E-state index contributed by atoms with van der Waals surface area (Å²) in [5, 5.41) is 18.2. The standard InChI is InChI=1S/C22H22N6O5/c23-22(27-32)24-13-7-12-16(21(30)31)25-19(29)20-26-18(28-33-20)17(14-8-3-1-4-9-14)15-10-5-2-6-11-15/h1-6,8-11,16-17H,7,12-13H2,(H2,23,24)(H,25,29)(H,30,31)/t16-/m0/s1. The highest BCUT2D eigenvalue weighted by Gasteiger charge is 2.27. The molecule has 0 bridgehead atoms. The molecule has 0 radical (unpaired) electrons. The molecule has 0 unspecified atom stereocenters. The van der Waals surface area contributed by atoms with Crippen molar-refractivity contribution in [1.82, 2.24) is 15.5 Å². The summed E-state index contributed by atoms with van der Waals surface area (Å²) < 4.78 is 5.15. The number of carbonyl (C=O) groups is 2. The molecule has 0 spiro atoms. The Kier molecular flexibility index (Phi) is 7.95. The van der Waals surface area contributed by atoms with Crippen LogP contribution in [0.25, 0.3) is 0 Å². The summed E-state index contributed by atoms with van der Waals surface area (Å²) in [6, 6.07) is 17.8. The van der Waals surface area contributed by atoms with Crippen LogP contribution in [0.2, 0.25) is 0 Å². The summed E-state index contributed by atoms with van der Waals surface area (Å²) in [4.78, 5) is 42.2. The molecule has 33 heavy (non-hydrogen) atoms. The lowest BCUT2D eigenvalue weighted by Crippen LogP contribution is -2.41. The topological polar surface area (TPSA) is 173 Å². The quantitative estimate of drug-likeness (QED) is 0.182. The SMILES string of the molecule is NC(N=O)=NCCC[C@H](NC(=O)c1nc(C(c2ccccc2)c2ccccc2)no1)C(=O)O. The molecule has 0 aliphatic carbocycles. The van der Waals surface area contributed by atoms with E-state index in [1.807, 2.05) is 60.7 Å². The third-order valence-corrected chi connectivity index (χ3v) is 4.78. The predicted molar refractivity (Wildman–Crippen MR) is 119 cm³/mol. The van der Waals surface area contributed by atoms with Gasteiger partial charge in [-0.1, -0.05) is 65.8 Å². The van der Waals surface area contributed by atoms with E-state index in [1.165, 1.54) is 0 Å². The second kappa shape index (κ2) is 11.3. The second-order valence-electron chi connectivity index (χ2n) is 7.05. The molecule has 1 amide bonds. The molecule has 1 heterocycles. The van der Waals surface area contributed by atoms with E-state index in [2.05, 4.69) is 25.6 Å². The Morgan fingerprint density at radius 3 is 2.21 bits per heavy atom. The maximum absolute atomic E-state index is 12.6. The fourth-order valence-corrected chi connectivity index (χ4v) is 3.22. The lowest BCUT2D eigenvalue weighted by Gasteiger charge is -2.14. The molecule has 11 nitrogen and oxygen atoms in total. The zero-order valence-corrected chi connectivity index (χ0v) is 17.5. The van der Waals surface area contributed by atoms with Gasteiger partial charge >= 0.3 is 17.8 Å². The number of aliphatic imine (C=N–C) groups is 1. The first-order valence-electron chi connectivity index (χ1n) is 10.1. The highest BCUT2D eigenvalue weighted by atomic mass is 16.5. The normalized spacial score (nSPS) is 12.3. The van der Waals surface area contributed by atoms with Gasteiger partial charge in [-0.15, -0.1) is 4.91 Å². The Morgan fingerprint density at radius 2 is 1.67 bits per heavy atom. The highest BCUT2D eigenvalue weighted by Crippen LogP contribution is 2.29. The summed E-state index contributed by atoms with van der Waals surface area (Å²) in [5.74, 6) is -2.91. The number of hydrogen-bond acceptors (Lipinski definition) is 7. The van der Waals surface area contributed by atoms with Gasteiger partial charge in [-0.25, -0.2) is 9.79 Å². The zero-order valence-electron chi connectivity index (χ0n) is 17.5. The summed E-state index contributed by atoms with van der Waals surface area (Å²) in [7, 11) is 0. The Balaban J connectivity index is 1.75. The minimum Gasteiger partial charge on any atom is -0.480 e. The first-order chi connectivity index (χ1) is 16.0. The molecule has 0 saturated heterocycles. The Hall–Kier alpha value is -4.41. The van der Waals surface area contributed by atoms with E-state index < -0.39 is 23.9 Å². The molecule has 0 saturated carbocycles. The first kappa shape index (κ1) is 23.3. The number of aromatic nitrogens is 2. The number of carboxylic acids is 1. The first-order valence-corrected chi connectivity index (χ1v) is 10.1. The molecule has 1 atom stereocenters. The van der Waals surface area contributed by atoms with E-state index >= 15 is 0 Å². The van der Waals surface area contributed by atoms with Crippen molar-refractivity contribution in [2.45, 2.75) is 24.8 Å². The van der Waals surface area contributed by atoms with Gasteiger partial charge in [0.1, 0.15) is 6.04 Å². The van der Waals surface area contributed by atoms with Gasteiger partial charge in [0.25, 0.3) is 5.96 Å². The number of nitrogens with zero attached hydrogens (tertiary/aromatic N) is 4. The minimum atomic E-state index is -1.24. The van der Waals surface area contributed by atoms with Crippen molar-refractivity contribution in [2.24, 2.45) is 15.9 Å². The molecule has 3 aromatic rings. The van der Waals surface area contributed by atoms with Gasteiger partial charge in [-0.3, -0.25) is 4.79 Å². The number of carbonyl (C=O) groups excluding carboxylic acids is 1. The van der Waals surface area contributed by atoms with E-state index in [9.17, 15) is 19.6 Å². The van der Waals surface area contributed by atoms with Crippen LogP contribution in [0, 0.1) is 4.91 Å². The van der Waals surface area contributed by atoms with Crippen molar-refractivity contribution in [3.8, 4) is 0 Å². The third kappa shape index (κ3) is 6.29. The van der Waals surface area contributed by atoms with Gasteiger partial charge in [-0.05, 0) is 24.0 Å². The smallest absolute Gasteiger partial charge is 0.326 e. The van der Waals surface area contributed by atoms with Crippen molar-refractivity contribution < 1.29 is 19.2 Å². The molecule has 0 aliphatic heterocycles. The number of nitroso groups, excluding NO2 is 1. The Labute approximate surface area is 188 Å². The summed E-state index contributed by atoms with van der Waals surface area (Å²) >= 11 is 0. The number of rotatable bonds is 10. The van der Waals surface area contributed by atoms with Crippen LogP contribution in [0.3, 0.4) is 0 Å². The number of aliphatic carboxylic acids is 1. The van der Waals surface area contributed by atoms with Gasteiger partial charge in [0.05, 0.1) is 5.92 Å². The number of nitrogens with one attached hydrogen (secondary N) is 1. The average molecular weight is 450 g/mol. The third-order valence-electron chi connectivity index (χ3n) is 4.78. The van der Waals surface area contributed by atoms with Crippen molar-refractivity contribution in [2.75, 3.05) is 6.54 Å². The van der Waals surface area contributed by atoms with E-state index in [-0.39, 0.29) is 37.0 Å². The number of nitrogens with two attached hydrogens (primary N) is 1. The molecule has 0 fully saturated rings. The number of benzene rings is 2. The molecule has 170 valence electrons. The van der Waals surface area contributed by atoms with Crippen LogP contribution in [0.5, 0.6) is 0 Å². The van der Waals surface area contributed by atoms with Crippen LogP contribution < -0.4 is 11.1 Å². The molecule has 4 N–H and O–H groups in total. The van der Waals surface area contributed by atoms with Gasteiger partial charge < -0.3 is 20.7 Å². The molecule has 2 aromatic carbocycles. The van der Waals surface area contributed by atoms with Crippen molar-refractivity contribution in [1.29, 1.82) is 0 Å². The summed E-state index contributed by atoms with van der Waals surface area (Å²) in [6.45, 7) is 0.0950. The maximum Gasteiger partial charge on any atom is 0.326 e. The Bertz CT molecular complexity index is 1080. The van der Waals surface area contributed by atoms with E-state index in [4.69, 9.17) is 10.3 Å². The van der Waals surface area contributed by atoms with Gasteiger partial charge in [-0.2, -0.15) is 4.98 Å². The van der Waals surface area contributed by atoms with Crippen molar-refractivity contribution in [3.05, 3.63) is 88.4 Å². The number of hydrogen-bond donors (Lipinski definition) is 3. The van der Waals surface area contributed by atoms with Crippen LogP contribution >= 0.6 is 0 Å². The van der Waals surface area contributed by atoms with E-state index in [0.29, 0.717) is 0 Å². The molecule has 3 rings (SSSR count). The van der Waals surface area contributed by atoms with Crippen LogP contribution in [-0.4, -0.2) is 45.7 Å². The Morgan fingerprint density at radius 1 is 1.06 bits per heavy atom. The minimum absolute atomic E-state index is 0.0500. The summed E-state index contributed by atoms with van der Waals surface area (Å²) in [6.07, 6.45) is 0.307. The summed E-state index contributed by atoms with van der Waals surface area (Å²) in [5.41, 5.74) is 6.99. The van der Waals surface area contributed by atoms with E-state index in [0.717, 1.165) is 11.1 Å². The fourth-order valence-electron chi connectivity index (χ4n) is 3.22. The molecule has 11 heteroatoms. The van der Waals surface area contributed by atoms with Crippen molar-refractivity contribution >= 4 is 17.8 Å². The monoisotopic (exact) mass is 450 g/mol. The van der Waals surface area contributed by atoms with Crippen LogP contribution in [-0.2, 0) is 4.79 Å². The zero-order chi connectivity index (χ0) is 23.6. The van der Waals surface area contributed by atoms with Gasteiger partial charge in [0.15, 0.2) is 5.82 Å². The van der Waals surface area contributed by atoms with E-state index in [1.54, 1.807) is 0 Å². The number of guanidine groups is 1. The van der Waals surface area contributed by atoms with Crippen LogP contribution in [0.4, 0.5) is 0 Å². The average Bonchev–Trinajstić information content (AvgIpc) is 3.32. The molecule has 0 aliphatic rings. The molecule has 1 aromatic heterocycles. The number of carboxylic acid groups (broad SMARTS) is 1. The van der Waals surface area contributed by atoms with Crippen LogP contribution in [0.1, 0.15) is 46.4 Å². The predicted octanol–water partition coefficient (Wildman–Crippen LogP) is 2.29. The highest BCUT2D eigenvalue weighted by molar-refractivity contribution is 5.92. The van der Waals surface area contributed by atoms with Crippen LogP contribution in [0.15, 0.2) is 75.4 Å². The fraction of sp³-hybridized carbons (Fsp3) is 0.227. The molecular formula is C22H22N6O5. The van der Waals surface area contributed by atoms with Gasteiger partial charge in [0, 0.05) is 11.7 Å². The lowest BCUT2D eigenvalue weighted by molar-refractivity contribution is -0.139. The van der Waals surface area contributed by atoms with Crippen molar-refractivity contribution in [3.63, 3.8) is 0 Å². The second-order valence-corrected chi connectivity index (χ2v) is 7.05.